The van der Waals surface area contributed by atoms with Crippen molar-refractivity contribution in [1.82, 2.24) is 0 Å². The zero-order valence-corrected chi connectivity index (χ0v) is 17.7. The van der Waals surface area contributed by atoms with Crippen molar-refractivity contribution >= 4 is 33.2 Å². The number of terminal acetylenes is 1. The Bertz CT molecular complexity index is 1260. The third kappa shape index (κ3) is 3.28. The Hall–Kier alpha value is -3.07. The van der Waals surface area contributed by atoms with E-state index in [1.165, 1.54) is 18.2 Å². The highest BCUT2D eigenvalue weighted by Gasteiger charge is 2.45. The lowest BCUT2D eigenvalue weighted by Gasteiger charge is -2.37. The standard InChI is InChI=1S/C24H18ClNO3S/c1-3-20-21-15-18(25)11-14-22(21)26(24(27)23(20)17-7-5-4-6-8-17)30(28,29)19-12-9-16(2)10-13-19/h1,4-15,20,23H,2H3/t20-,23+/m1/s1. The van der Waals surface area contributed by atoms with Crippen molar-refractivity contribution in [3.8, 4) is 12.3 Å². The van der Waals surface area contributed by atoms with Gasteiger partial charge in [-0.3, -0.25) is 4.79 Å². The van der Waals surface area contributed by atoms with Crippen LogP contribution in [-0.2, 0) is 14.8 Å². The number of hydrogen-bond donors (Lipinski definition) is 0. The lowest BCUT2D eigenvalue weighted by molar-refractivity contribution is -0.119. The summed E-state index contributed by atoms with van der Waals surface area (Å²) in [5.74, 6) is 0.615. The molecule has 1 aliphatic rings. The van der Waals surface area contributed by atoms with E-state index in [1.807, 2.05) is 13.0 Å². The molecule has 30 heavy (non-hydrogen) atoms. The fourth-order valence-corrected chi connectivity index (χ4v) is 5.42. The second-order valence-corrected chi connectivity index (χ2v) is 9.38. The Balaban J connectivity index is 1.97. The van der Waals surface area contributed by atoms with Crippen molar-refractivity contribution in [2.45, 2.75) is 23.7 Å². The first kappa shape index (κ1) is 20.2. The topological polar surface area (TPSA) is 54.5 Å². The average molecular weight is 436 g/mol. The summed E-state index contributed by atoms with van der Waals surface area (Å²) >= 11 is 6.20. The molecule has 0 N–H and O–H groups in total. The van der Waals surface area contributed by atoms with E-state index in [4.69, 9.17) is 18.0 Å². The fraction of sp³-hybridized carbons (Fsp3) is 0.125. The molecule has 0 aliphatic carbocycles. The van der Waals surface area contributed by atoms with Crippen LogP contribution in [0.15, 0.2) is 77.7 Å². The third-order valence-electron chi connectivity index (χ3n) is 5.24. The van der Waals surface area contributed by atoms with Gasteiger partial charge in [0.15, 0.2) is 0 Å². The number of anilines is 1. The summed E-state index contributed by atoms with van der Waals surface area (Å²) in [6.45, 7) is 1.86. The molecule has 4 nitrogen and oxygen atoms in total. The number of sulfonamides is 1. The number of benzene rings is 3. The first-order valence-electron chi connectivity index (χ1n) is 9.31. The van der Waals surface area contributed by atoms with Gasteiger partial charge in [-0.05, 0) is 48.4 Å². The normalized spacial score (nSPS) is 18.6. The van der Waals surface area contributed by atoms with Gasteiger partial charge < -0.3 is 0 Å². The molecule has 0 unspecified atom stereocenters. The summed E-state index contributed by atoms with van der Waals surface area (Å²) in [5.41, 5.74) is 2.34. The minimum Gasteiger partial charge on any atom is -0.273 e. The molecule has 0 radical (unpaired) electrons. The smallest absolute Gasteiger partial charge is 0.270 e. The number of amides is 1. The van der Waals surface area contributed by atoms with Crippen molar-refractivity contribution in [3.63, 3.8) is 0 Å². The number of nitrogens with zero attached hydrogens (tertiary/aromatic N) is 1. The van der Waals surface area contributed by atoms with E-state index >= 15 is 0 Å². The Morgan fingerprint density at radius 1 is 1.00 bits per heavy atom. The molecule has 0 saturated heterocycles. The van der Waals surface area contributed by atoms with E-state index in [9.17, 15) is 13.2 Å². The summed E-state index contributed by atoms with van der Waals surface area (Å²) in [5, 5.41) is 0.419. The minimum absolute atomic E-state index is 0.0355. The molecule has 4 rings (SSSR count). The maximum Gasteiger partial charge on any atom is 0.270 e. The Morgan fingerprint density at radius 2 is 1.67 bits per heavy atom. The second-order valence-electron chi connectivity index (χ2n) is 7.16. The van der Waals surface area contributed by atoms with E-state index in [1.54, 1.807) is 48.5 Å². The lowest BCUT2D eigenvalue weighted by atomic mass is 9.78. The first-order valence-corrected chi connectivity index (χ1v) is 11.1. The maximum atomic E-state index is 13.6. The van der Waals surface area contributed by atoms with Crippen LogP contribution in [0.4, 0.5) is 5.69 Å². The Kier molecular flexibility index (Phi) is 5.15. The monoisotopic (exact) mass is 435 g/mol. The van der Waals surface area contributed by atoms with Crippen LogP contribution in [-0.4, -0.2) is 14.3 Å². The maximum absolute atomic E-state index is 13.6. The highest BCUT2D eigenvalue weighted by Crippen LogP contribution is 2.46. The second kappa shape index (κ2) is 7.64. The number of aryl methyl sites for hydroxylation is 1. The molecule has 1 amide bonds. The average Bonchev–Trinajstić information content (AvgIpc) is 2.73. The number of carbonyl (C=O) groups excluding carboxylic acids is 1. The van der Waals surface area contributed by atoms with Gasteiger partial charge >= 0.3 is 0 Å². The predicted molar refractivity (Wildman–Crippen MR) is 118 cm³/mol. The van der Waals surface area contributed by atoms with Crippen LogP contribution in [0.5, 0.6) is 0 Å². The van der Waals surface area contributed by atoms with Crippen LogP contribution >= 0.6 is 11.6 Å². The van der Waals surface area contributed by atoms with Gasteiger partial charge in [-0.25, -0.2) is 12.7 Å². The highest BCUT2D eigenvalue weighted by atomic mass is 35.5. The van der Waals surface area contributed by atoms with Gasteiger partial charge in [0, 0.05) is 5.02 Å². The van der Waals surface area contributed by atoms with Crippen LogP contribution in [0.1, 0.15) is 28.5 Å². The van der Waals surface area contributed by atoms with E-state index < -0.39 is 27.8 Å². The Morgan fingerprint density at radius 3 is 2.30 bits per heavy atom. The van der Waals surface area contributed by atoms with Gasteiger partial charge in [0.05, 0.1) is 22.4 Å². The molecule has 3 aromatic carbocycles. The summed E-state index contributed by atoms with van der Waals surface area (Å²) in [6, 6.07) is 20.1. The number of fused-ring (bicyclic) bond motifs is 1. The molecule has 0 spiro atoms. The van der Waals surface area contributed by atoms with E-state index in [-0.39, 0.29) is 10.6 Å². The van der Waals surface area contributed by atoms with E-state index in [0.717, 1.165) is 9.87 Å². The van der Waals surface area contributed by atoms with Crippen LogP contribution in [0.2, 0.25) is 5.02 Å². The number of carbonyl (C=O) groups is 1. The third-order valence-corrected chi connectivity index (χ3v) is 7.20. The van der Waals surface area contributed by atoms with E-state index in [2.05, 4.69) is 5.92 Å². The van der Waals surface area contributed by atoms with Crippen LogP contribution in [0, 0.1) is 19.3 Å². The largest absolute Gasteiger partial charge is 0.273 e. The summed E-state index contributed by atoms with van der Waals surface area (Å²) in [4.78, 5) is 13.7. The summed E-state index contributed by atoms with van der Waals surface area (Å²) in [6.07, 6.45) is 5.83. The molecule has 1 heterocycles. The molecule has 150 valence electrons. The van der Waals surface area contributed by atoms with Gasteiger partial charge in [0.2, 0.25) is 5.91 Å². The predicted octanol–water partition coefficient (Wildman–Crippen LogP) is 4.88. The van der Waals surface area contributed by atoms with Crippen LogP contribution < -0.4 is 4.31 Å². The minimum atomic E-state index is -4.15. The number of rotatable bonds is 3. The van der Waals surface area contributed by atoms with Crippen LogP contribution in [0.25, 0.3) is 0 Å². The van der Waals surface area contributed by atoms with Crippen molar-refractivity contribution in [2.75, 3.05) is 4.31 Å². The fourth-order valence-electron chi connectivity index (χ4n) is 3.77. The SMILES string of the molecule is C#C[C@@H]1c2cc(Cl)ccc2N(S(=O)(=O)c2ccc(C)cc2)C(=O)[C@H]1c1ccccc1. The first-order chi connectivity index (χ1) is 14.3. The van der Waals surface area contributed by atoms with Gasteiger partial charge in [-0.15, -0.1) is 6.42 Å². The van der Waals surface area contributed by atoms with Gasteiger partial charge in [-0.2, -0.15) is 0 Å². The van der Waals surface area contributed by atoms with Crippen molar-refractivity contribution in [3.05, 3.63) is 94.5 Å². The molecule has 0 saturated carbocycles. The van der Waals surface area contributed by atoms with Crippen LogP contribution in [0.3, 0.4) is 0 Å². The molecule has 2 atom stereocenters. The number of halogens is 1. The quantitative estimate of drug-likeness (QED) is 0.551. The zero-order valence-electron chi connectivity index (χ0n) is 16.1. The summed E-state index contributed by atoms with van der Waals surface area (Å²) in [7, 11) is -4.15. The highest BCUT2D eigenvalue weighted by molar-refractivity contribution is 7.93. The molecule has 6 heteroatoms. The Labute approximate surface area is 181 Å². The molecule has 0 bridgehead atoms. The summed E-state index contributed by atoms with van der Waals surface area (Å²) < 4.78 is 28.0. The molecule has 0 aromatic heterocycles. The lowest BCUT2D eigenvalue weighted by Crippen LogP contribution is -2.45. The zero-order chi connectivity index (χ0) is 21.5. The van der Waals surface area contributed by atoms with E-state index in [0.29, 0.717) is 16.1 Å². The number of hydrogen-bond acceptors (Lipinski definition) is 3. The van der Waals surface area contributed by atoms with Gasteiger partial charge in [0.25, 0.3) is 10.0 Å². The van der Waals surface area contributed by atoms with Gasteiger partial charge in [-0.1, -0.05) is 65.5 Å². The molecule has 0 fully saturated rings. The van der Waals surface area contributed by atoms with Crippen molar-refractivity contribution in [1.29, 1.82) is 0 Å². The molecular formula is C24H18ClNO3S. The molecular weight excluding hydrogens is 418 g/mol. The molecule has 1 aliphatic heterocycles. The van der Waals surface area contributed by atoms with Crippen molar-refractivity contribution in [2.24, 2.45) is 0 Å². The van der Waals surface area contributed by atoms with Gasteiger partial charge in [0.1, 0.15) is 0 Å². The van der Waals surface area contributed by atoms with Crippen molar-refractivity contribution < 1.29 is 13.2 Å². The molecule has 3 aromatic rings.